The van der Waals surface area contributed by atoms with Gasteiger partial charge in [0.1, 0.15) is 90.6 Å². The van der Waals surface area contributed by atoms with Gasteiger partial charge in [-0.25, -0.2) is 0 Å². The molecule has 5 aromatic rings. The molecule has 16 amide bonds. The predicted molar refractivity (Wildman–Crippen MR) is 559 cm³/mol. The summed E-state index contributed by atoms with van der Waals surface area (Å²) in [6.45, 7) is 1.28. The summed E-state index contributed by atoms with van der Waals surface area (Å²) in [4.78, 5) is 243. The minimum atomic E-state index is -1.65. The van der Waals surface area contributed by atoms with E-state index >= 15 is 33.6 Å². The van der Waals surface area contributed by atoms with Crippen LogP contribution in [0.3, 0.4) is 0 Å². The van der Waals surface area contributed by atoms with Crippen LogP contribution in [0.5, 0.6) is 0 Å². The number of hydrogen-bond donors (Lipinski definition) is 28. The summed E-state index contributed by atoms with van der Waals surface area (Å²) in [6, 6.07) is 17.8. The molecule has 0 aliphatic carbocycles. The molecular formula is C96H134N28O16S5. The summed E-state index contributed by atoms with van der Waals surface area (Å²) >= 11 is 12.5. The molecule has 9 rings (SSSR count). The summed E-state index contributed by atoms with van der Waals surface area (Å²) in [7, 11) is 0. The van der Waals surface area contributed by atoms with Crippen LogP contribution < -0.4 is 119 Å². The minimum Gasteiger partial charge on any atom is -0.370 e. The fourth-order valence-corrected chi connectivity index (χ4v) is 20.3. The molecule has 0 saturated carbocycles. The van der Waals surface area contributed by atoms with Gasteiger partial charge in [0.05, 0.1) is 0 Å². The van der Waals surface area contributed by atoms with Gasteiger partial charge in [-0.1, -0.05) is 140 Å². The number of hydrogen-bond acceptors (Lipinski definition) is 25. The van der Waals surface area contributed by atoms with Gasteiger partial charge in [0.25, 0.3) is 0 Å². The lowest BCUT2D eigenvalue weighted by molar-refractivity contribution is -0.142. The van der Waals surface area contributed by atoms with Gasteiger partial charge < -0.3 is 129 Å². The highest BCUT2D eigenvalue weighted by Crippen LogP contribution is 2.28. The molecule has 44 nitrogen and oxygen atoms in total. The normalized spacial score (nSPS) is 24.0. The maximum Gasteiger partial charge on any atom is 0.246 e. The number of carbonyl (C=O) groups excluding carboxylic acids is 16. The van der Waals surface area contributed by atoms with E-state index in [0.717, 1.165) is 11.8 Å². The van der Waals surface area contributed by atoms with Crippen LogP contribution in [0.1, 0.15) is 123 Å². The van der Waals surface area contributed by atoms with Gasteiger partial charge in [-0.3, -0.25) is 98.3 Å². The molecule has 784 valence electrons. The number of rotatable bonds is 28. The number of fused-ring (bicyclic) bond motifs is 7. The number of nitrogens with one attached hydrogen (secondary N) is 21. The lowest BCUT2D eigenvalue weighted by Crippen LogP contribution is -2.61. The van der Waals surface area contributed by atoms with Crippen LogP contribution in [0.15, 0.2) is 140 Å². The minimum absolute atomic E-state index is 0.00951. The van der Waals surface area contributed by atoms with Crippen molar-refractivity contribution < 1.29 is 76.7 Å². The fourth-order valence-electron chi connectivity index (χ4n) is 16.8. The van der Waals surface area contributed by atoms with Gasteiger partial charge in [0.15, 0.2) is 23.8 Å². The van der Waals surface area contributed by atoms with Crippen molar-refractivity contribution in [2.75, 3.05) is 68.0 Å². The van der Waals surface area contributed by atoms with Crippen molar-refractivity contribution in [2.45, 2.75) is 218 Å². The highest BCUT2D eigenvalue weighted by molar-refractivity contribution is 7.99. The molecule has 145 heavy (non-hydrogen) atoms. The van der Waals surface area contributed by atoms with Gasteiger partial charge >= 0.3 is 0 Å². The Balaban J connectivity index is 1.19. The van der Waals surface area contributed by atoms with Gasteiger partial charge in [0.2, 0.25) is 94.5 Å². The van der Waals surface area contributed by atoms with E-state index in [4.69, 9.17) is 50.3 Å². The first kappa shape index (κ1) is 115. The molecule has 5 aromatic carbocycles. The van der Waals surface area contributed by atoms with Crippen LogP contribution >= 0.6 is 60.5 Å². The smallest absolute Gasteiger partial charge is 0.246 e. The molecule has 4 aliphatic heterocycles. The second-order valence-electron chi connectivity index (χ2n) is 35.5. The third-order valence-electron chi connectivity index (χ3n) is 24.2. The van der Waals surface area contributed by atoms with Gasteiger partial charge in [0, 0.05) is 118 Å². The Morgan fingerprint density at radius 1 is 0.352 bits per heavy atom. The largest absolute Gasteiger partial charge is 0.370 e. The van der Waals surface area contributed by atoms with E-state index in [-0.39, 0.29) is 176 Å². The van der Waals surface area contributed by atoms with Crippen molar-refractivity contribution in [3.05, 3.63) is 178 Å². The van der Waals surface area contributed by atoms with E-state index < -0.39 is 215 Å². The molecule has 4 aliphatic rings. The van der Waals surface area contributed by atoms with Crippen molar-refractivity contribution in [3.8, 4) is 0 Å². The molecule has 2 saturated heterocycles. The molecule has 49 heteroatoms. The van der Waals surface area contributed by atoms with Gasteiger partial charge in [-0.15, -0.1) is 0 Å². The van der Waals surface area contributed by atoms with Crippen molar-refractivity contribution in [2.24, 2.45) is 28.7 Å². The summed E-state index contributed by atoms with van der Waals surface area (Å²) in [6.07, 6.45) is -0.446. The Kier molecular flexibility index (Phi) is 47.3. The summed E-state index contributed by atoms with van der Waals surface area (Å²) in [5.74, 6) is -16.6. The van der Waals surface area contributed by atoms with Crippen LogP contribution in [0.25, 0.3) is 0 Å². The Bertz CT molecular complexity index is 5330. The lowest BCUT2D eigenvalue weighted by atomic mass is 10.0. The molecule has 2 fully saturated rings. The summed E-state index contributed by atoms with van der Waals surface area (Å²) < 4.78 is 0. The molecule has 15 atom stereocenters. The fraction of sp³-hybridized carbons (Fsp3) is 0.479. The number of thiol groups is 2. The Labute approximate surface area is 864 Å². The number of nitrogens with two attached hydrogens (primary N) is 5. The molecule has 0 radical (unpaired) electrons. The third-order valence-corrected chi connectivity index (χ3v) is 28.2. The first-order valence-electron chi connectivity index (χ1n) is 47.9. The number of guanidine groups is 4. The average Bonchev–Trinajstić information content (AvgIpc) is 1.70. The molecule has 31 N–H and O–H groups in total. The van der Waals surface area contributed by atoms with E-state index in [1.54, 1.807) is 121 Å². The number of carbonyl (C=O) groups is 16. The monoisotopic (exact) mass is 2090 g/mol. The topological polar surface area (TPSA) is 710 Å². The van der Waals surface area contributed by atoms with Crippen LogP contribution in [-0.2, 0) is 120 Å². The van der Waals surface area contributed by atoms with Crippen molar-refractivity contribution >= 4 is 179 Å². The van der Waals surface area contributed by atoms with E-state index in [0.29, 0.717) is 45.4 Å². The van der Waals surface area contributed by atoms with E-state index in [1.807, 2.05) is 18.2 Å². The van der Waals surface area contributed by atoms with Crippen molar-refractivity contribution in [1.82, 2.24) is 100 Å². The second kappa shape index (κ2) is 59.6. The first-order valence-corrected chi connectivity index (χ1v) is 52.6. The number of thioether (sulfide) groups is 3. The zero-order valence-electron chi connectivity index (χ0n) is 80.6. The lowest BCUT2D eigenvalue weighted by Gasteiger charge is -2.31. The zero-order valence-corrected chi connectivity index (χ0v) is 84.8. The van der Waals surface area contributed by atoms with Crippen molar-refractivity contribution in [1.29, 1.82) is 21.6 Å². The predicted octanol–water partition coefficient (Wildman–Crippen LogP) is -2.91. The molecule has 0 spiro atoms. The van der Waals surface area contributed by atoms with E-state index in [9.17, 15) is 43.2 Å². The standard InChI is InChI=1S/C96H134N28O16S5/c1-55(125)110-74-53-144-50-61-40-60-41-62(42-61)51-145-54-75(122-84(132)68(44-57-22-8-3-9-23-57)116-80(128)64(29-15-35-107-94(100)101)112-86(134)72(48-142)120-81(129)65(30-16-36-108-95(102)103)113-89(137)76-32-18-38-123(76)91(139)69(117-87(74)135)45-58-24-10-4-11-25-58)88(136)118-70(46-59-26-12-5-13-27-59)92(140)124-39-19-33-77(124)90(138)114-66(31-17-37-109-96(104)105)82(130)119-71(47-141)85(133)111-63(28-14-34-106-93(98)99)79(127)115-67(43-56-20-6-2-7-21-56)83(131)121-73(78(97)126)52-143-49-60/h2-13,20-27,40-42,63-77,141-142H,14-19,28-39,43-54H2,1H3,(H2,97,126)(H,110,125)(H,111,133)(H,112,134)(H,113,137)(H,114,138)(H,115,127)(H,116,128)(H,117,135)(H,118,136)(H,119,130)(H,120,129)(H,121,131)(H,122,132)(H4,98,99,106)(H4,100,101,107)(H4,102,103,108)(H4,104,105,109)/t63-,64-,65-,66-,67-,68?,69-,70-,71-,72-,73-,74-,75-,76-,77-/m0/s1. The summed E-state index contributed by atoms with van der Waals surface area (Å²) in [5.41, 5.74) is 32.8. The Morgan fingerprint density at radius 3 is 0.966 bits per heavy atom. The van der Waals surface area contributed by atoms with Crippen LogP contribution in [0.4, 0.5) is 0 Å². The third kappa shape index (κ3) is 38.5. The first-order chi connectivity index (χ1) is 69.5. The van der Waals surface area contributed by atoms with E-state index in [1.165, 1.54) is 40.2 Å². The molecule has 4 heterocycles. The Hall–Kier alpha value is -13.6. The maximum atomic E-state index is 16.1. The molecule has 4 bridgehead atoms. The van der Waals surface area contributed by atoms with Gasteiger partial charge in [-0.05, 0) is 116 Å². The number of nitrogens with zero attached hydrogens (tertiary/aromatic N) is 2. The number of amides is 16. The highest BCUT2D eigenvalue weighted by Gasteiger charge is 2.44. The van der Waals surface area contributed by atoms with E-state index in [2.05, 4.69) is 116 Å². The van der Waals surface area contributed by atoms with Crippen LogP contribution in [0, 0.1) is 21.6 Å². The zero-order chi connectivity index (χ0) is 105. The molecular weight excluding hydrogens is 1960 g/mol. The van der Waals surface area contributed by atoms with Crippen LogP contribution in [-0.4, -0.2) is 287 Å². The number of benzene rings is 5. The van der Waals surface area contributed by atoms with Crippen molar-refractivity contribution in [3.63, 3.8) is 0 Å². The maximum absolute atomic E-state index is 16.1. The average molecular weight is 2100 g/mol. The Morgan fingerprint density at radius 2 is 0.634 bits per heavy atom. The van der Waals surface area contributed by atoms with Gasteiger partial charge in [-0.2, -0.15) is 60.5 Å². The molecule has 0 aromatic heterocycles. The second-order valence-corrected chi connectivity index (χ2v) is 39.3. The van der Waals surface area contributed by atoms with Crippen LogP contribution in [0.2, 0.25) is 0 Å². The summed E-state index contributed by atoms with van der Waals surface area (Å²) in [5, 5.41) is 78.1. The highest BCUT2D eigenvalue weighted by atomic mass is 32.2. The SMILES string of the molecule is CC(=O)N[C@H]1CSCc2cc3cc(c2)CSC[C@H](NC(=O)C(Cc2ccccc2)NC(=O)[C@H](CCCNC(=N)N)NC(=O)[C@H](CS)NC(=O)[C@H](CCCNC(=N)N)NC(=O)[C@@H]2CCCN2C(=O)[C@H](Cc2ccccc2)NC1=O)C(=O)N[C@@H](Cc1ccccc1)C(=O)N1CCC[C@H]1C(=O)N[C@@H](CCCNC(=N)N)C(=O)N[C@@H](CS)C(=O)N[C@@H](CCCNC(=N)N)C(=O)N[C@@H](Cc1ccccc1)C(=O)N[C@H](C(N)=O)CSC3. The quantitative estimate of drug-likeness (QED) is 0.0103. The number of primary amides is 1. The molecule has 1 unspecified atom stereocenters.